The highest BCUT2D eigenvalue weighted by molar-refractivity contribution is 5.76. The highest BCUT2D eigenvalue weighted by atomic mass is 16.6. The number of aryl methyl sites for hydroxylation is 2. The molecule has 8 heteroatoms. The first-order chi connectivity index (χ1) is 10.3. The van der Waals surface area contributed by atoms with Crippen LogP contribution in [0.15, 0.2) is 0 Å². The highest BCUT2D eigenvalue weighted by Crippen LogP contribution is 2.39. The second-order valence-electron chi connectivity index (χ2n) is 6.19. The van der Waals surface area contributed by atoms with Gasteiger partial charge in [0.05, 0.1) is 17.0 Å². The molecule has 1 aliphatic carbocycles. The summed E-state index contributed by atoms with van der Waals surface area (Å²) in [4.78, 5) is 22.6. The number of hydrogen-bond donors (Lipinski definition) is 2. The minimum atomic E-state index is -0.438. The van der Waals surface area contributed by atoms with Gasteiger partial charge in [0.15, 0.2) is 0 Å². The van der Waals surface area contributed by atoms with E-state index in [0.717, 1.165) is 12.8 Å². The molecule has 1 atom stereocenters. The monoisotopic (exact) mass is 309 g/mol. The first kappa shape index (κ1) is 16.4. The predicted octanol–water partition coefficient (Wildman–Crippen LogP) is 1.04. The van der Waals surface area contributed by atoms with E-state index in [-0.39, 0.29) is 23.6 Å². The molecule has 1 unspecified atom stereocenters. The van der Waals surface area contributed by atoms with Gasteiger partial charge in [0.1, 0.15) is 11.4 Å². The van der Waals surface area contributed by atoms with Crippen LogP contribution < -0.4 is 11.1 Å². The third kappa shape index (κ3) is 3.27. The Labute approximate surface area is 129 Å². The largest absolute Gasteiger partial charge is 0.349 e. The van der Waals surface area contributed by atoms with E-state index >= 15 is 0 Å². The van der Waals surface area contributed by atoms with Crippen LogP contribution in [0.3, 0.4) is 0 Å². The normalized spacial score (nSPS) is 17.1. The highest BCUT2D eigenvalue weighted by Gasteiger charge is 2.41. The lowest BCUT2D eigenvalue weighted by atomic mass is 9.96. The SMILES string of the molecule is Cc1nn(CCC(=O)NC(C)(CN)C2CC2)c(C)c1[N+](=O)[O-]. The first-order valence-electron chi connectivity index (χ1n) is 7.48. The summed E-state index contributed by atoms with van der Waals surface area (Å²) in [5.41, 5.74) is 6.29. The number of amides is 1. The average molecular weight is 309 g/mol. The molecule has 1 aromatic rings. The number of carbonyl (C=O) groups is 1. The van der Waals surface area contributed by atoms with Crippen LogP contribution in [0.25, 0.3) is 0 Å². The smallest absolute Gasteiger partial charge is 0.312 e. The molecule has 0 spiro atoms. The predicted molar refractivity (Wildman–Crippen MR) is 81.3 cm³/mol. The van der Waals surface area contributed by atoms with E-state index in [1.54, 1.807) is 13.8 Å². The standard InChI is InChI=1S/C14H23N5O3/c1-9-13(19(21)22)10(2)18(17-9)7-6-12(20)16-14(3,8-15)11-4-5-11/h11H,4-8,15H2,1-3H3,(H,16,20). The van der Waals surface area contributed by atoms with E-state index in [0.29, 0.717) is 30.4 Å². The maximum atomic E-state index is 12.1. The maximum absolute atomic E-state index is 12.1. The molecule has 8 nitrogen and oxygen atoms in total. The molecule has 0 saturated heterocycles. The summed E-state index contributed by atoms with van der Waals surface area (Å²) in [6.45, 7) is 5.94. The van der Waals surface area contributed by atoms with E-state index < -0.39 is 4.92 Å². The van der Waals surface area contributed by atoms with E-state index in [1.165, 1.54) is 4.68 Å². The Kier molecular flexibility index (Phi) is 4.50. The molecule has 1 aliphatic rings. The summed E-state index contributed by atoms with van der Waals surface area (Å²) >= 11 is 0. The van der Waals surface area contributed by atoms with E-state index in [4.69, 9.17) is 5.73 Å². The Hall–Kier alpha value is -1.96. The van der Waals surface area contributed by atoms with Crippen LogP contribution in [0.2, 0.25) is 0 Å². The summed E-state index contributed by atoms with van der Waals surface area (Å²) in [5, 5.41) is 18.1. The van der Waals surface area contributed by atoms with Gasteiger partial charge in [-0.3, -0.25) is 19.6 Å². The van der Waals surface area contributed by atoms with Gasteiger partial charge in [-0.1, -0.05) is 0 Å². The lowest BCUT2D eigenvalue weighted by Crippen LogP contribution is -2.53. The summed E-state index contributed by atoms with van der Waals surface area (Å²) in [6.07, 6.45) is 2.41. The maximum Gasteiger partial charge on any atom is 0.312 e. The van der Waals surface area contributed by atoms with Gasteiger partial charge in [0.2, 0.25) is 5.91 Å². The Bertz CT molecular complexity index is 594. The number of rotatable bonds is 7. The zero-order chi connectivity index (χ0) is 16.5. The number of nitrogens with two attached hydrogens (primary N) is 1. The molecule has 1 saturated carbocycles. The van der Waals surface area contributed by atoms with Crippen molar-refractivity contribution < 1.29 is 9.72 Å². The van der Waals surface area contributed by atoms with Crippen molar-refractivity contribution in [1.29, 1.82) is 0 Å². The molecule has 1 aromatic heterocycles. The van der Waals surface area contributed by atoms with Crippen LogP contribution in [0.4, 0.5) is 5.69 Å². The van der Waals surface area contributed by atoms with E-state index in [1.807, 2.05) is 6.92 Å². The van der Waals surface area contributed by atoms with E-state index in [9.17, 15) is 14.9 Å². The fourth-order valence-electron chi connectivity index (χ4n) is 2.80. The topological polar surface area (TPSA) is 116 Å². The van der Waals surface area contributed by atoms with Gasteiger partial charge in [-0.2, -0.15) is 5.10 Å². The second kappa shape index (κ2) is 6.04. The van der Waals surface area contributed by atoms with Crippen molar-refractivity contribution in [3.8, 4) is 0 Å². The molecule has 2 rings (SSSR count). The molecule has 1 fully saturated rings. The minimum absolute atomic E-state index is 0.0187. The second-order valence-corrected chi connectivity index (χ2v) is 6.19. The molecule has 3 N–H and O–H groups in total. The van der Waals surface area contributed by atoms with Gasteiger partial charge in [0, 0.05) is 13.0 Å². The number of carbonyl (C=O) groups excluding carboxylic acids is 1. The van der Waals surface area contributed by atoms with Gasteiger partial charge < -0.3 is 11.1 Å². The van der Waals surface area contributed by atoms with Crippen LogP contribution in [0.1, 0.15) is 37.6 Å². The van der Waals surface area contributed by atoms with E-state index in [2.05, 4.69) is 10.4 Å². The summed E-state index contributed by atoms with van der Waals surface area (Å²) < 4.78 is 1.52. The molecular weight excluding hydrogens is 286 g/mol. The quantitative estimate of drug-likeness (QED) is 0.576. The molecular formula is C14H23N5O3. The van der Waals surface area contributed by atoms with Crippen LogP contribution in [-0.4, -0.2) is 32.7 Å². The Morgan fingerprint density at radius 1 is 1.55 bits per heavy atom. The molecule has 1 amide bonds. The summed E-state index contributed by atoms with van der Waals surface area (Å²) in [7, 11) is 0. The van der Waals surface area contributed by atoms with Crippen LogP contribution >= 0.6 is 0 Å². The lowest BCUT2D eigenvalue weighted by molar-refractivity contribution is -0.386. The van der Waals surface area contributed by atoms with Crippen molar-refractivity contribution in [3.63, 3.8) is 0 Å². The first-order valence-corrected chi connectivity index (χ1v) is 7.48. The third-order valence-electron chi connectivity index (χ3n) is 4.40. The molecule has 0 aliphatic heterocycles. The van der Waals surface area contributed by atoms with Crippen molar-refractivity contribution in [2.75, 3.05) is 6.54 Å². The molecule has 0 aromatic carbocycles. The van der Waals surface area contributed by atoms with Crippen molar-refractivity contribution in [3.05, 3.63) is 21.5 Å². The fourth-order valence-corrected chi connectivity index (χ4v) is 2.80. The third-order valence-corrected chi connectivity index (χ3v) is 4.40. The Balaban J connectivity index is 1.97. The zero-order valence-electron chi connectivity index (χ0n) is 13.3. The Morgan fingerprint density at radius 2 is 2.18 bits per heavy atom. The van der Waals surface area contributed by atoms with Gasteiger partial charge in [-0.05, 0) is 39.5 Å². The Morgan fingerprint density at radius 3 is 2.64 bits per heavy atom. The van der Waals surface area contributed by atoms with Gasteiger partial charge in [-0.15, -0.1) is 0 Å². The molecule has 0 bridgehead atoms. The van der Waals surface area contributed by atoms with Gasteiger partial charge >= 0.3 is 5.69 Å². The lowest BCUT2D eigenvalue weighted by Gasteiger charge is -2.29. The summed E-state index contributed by atoms with van der Waals surface area (Å²) in [5.74, 6) is 0.353. The van der Waals surface area contributed by atoms with Crippen molar-refractivity contribution in [1.82, 2.24) is 15.1 Å². The van der Waals surface area contributed by atoms with Gasteiger partial charge in [-0.25, -0.2) is 0 Å². The molecule has 122 valence electrons. The zero-order valence-corrected chi connectivity index (χ0v) is 13.3. The molecule has 0 radical (unpaired) electrons. The van der Waals surface area contributed by atoms with Crippen LogP contribution in [-0.2, 0) is 11.3 Å². The number of aromatic nitrogens is 2. The average Bonchev–Trinajstić information content (AvgIpc) is 3.24. The minimum Gasteiger partial charge on any atom is -0.349 e. The van der Waals surface area contributed by atoms with Crippen LogP contribution in [0, 0.1) is 29.9 Å². The van der Waals surface area contributed by atoms with Crippen molar-refractivity contribution in [2.24, 2.45) is 11.7 Å². The fraction of sp³-hybridized carbons (Fsp3) is 0.714. The molecule has 1 heterocycles. The van der Waals surface area contributed by atoms with Crippen LogP contribution in [0.5, 0.6) is 0 Å². The summed E-state index contributed by atoms with van der Waals surface area (Å²) in [6, 6.07) is 0. The van der Waals surface area contributed by atoms with Crippen molar-refractivity contribution >= 4 is 11.6 Å². The van der Waals surface area contributed by atoms with Crippen molar-refractivity contribution in [2.45, 2.75) is 52.1 Å². The number of nitrogens with one attached hydrogen (secondary N) is 1. The number of hydrogen-bond acceptors (Lipinski definition) is 5. The van der Waals surface area contributed by atoms with Gasteiger partial charge in [0.25, 0.3) is 0 Å². The molecule has 22 heavy (non-hydrogen) atoms. The number of nitrogens with zero attached hydrogens (tertiary/aromatic N) is 3. The number of nitro groups is 1.